The van der Waals surface area contributed by atoms with E-state index in [9.17, 15) is 4.79 Å². The molecule has 1 amide bonds. The Morgan fingerprint density at radius 2 is 1.45 bits per heavy atom. The Bertz CT molecular complexity index is 1140. The molecule has 0 fully saturated rings. The molecular weight excluding hydrogens is 414 g/mol. The van der Waals surface area contributed by atoms with E-state index in [-0.39, 0.29) is 11.6 Å². The smallest absolute Gasteiger partial charge is 0.273 e. The van der Waals surface area contributed by atoms with Crippen molar-refractivity contribution >= 4 is 5.91 Å². The van der Waals surface area contributed by atoms with Crippen LogP contribution in [0, 0.1) is 0 Å². The predicted molar refractivity (Wildman–Crippen MR) is 127 cm³/mol. The molecule has 0 atom stereocenters. The average Bonchev–Trinajstić information content (AvgIpc) is 3.33. The lowest BCUT2D eigenvalue weighted by Crippen LogP contribution is -2.24. The van der Waals surface area contributed by atoms with Crippen molar-refractivity contribution in [3.63, 3.8) is 0 Å². The van der Waals surface area contributed by atoms with Gasteiger partial charge in [0, 0.05) is 19.6 Å². The van der Waals surface area contributed by atoms with E-state index in [1.54, 1.807) is 7.11 Å². The SMILES string of the molecule is COc1ccc(CN(Cc2ccccc2)Cc2nc(C(=O)NCc3ccccc3)co2)cc1. The summed E-state index contributed by atoms with van der Waals surface area (Å²) in [6, 6.07) is 28.0. The first-order valence-corrected chi connectivity index (χ1v) is 10.9. The summed E-state index contributed by atoms with van der Waals surface area (Å²) in [5.74, 6) is 1.08. The summed E-state index contributed by atoms with van der Waals surface area (Å²) in [4.78, 5) is 19.2. The normalized spacial score (nSPS) is 10.8. The van der Waals surface area contributed by atoms with Crippen LogP contribution in [0.25, 0.3) is 0 Å². The van der Waals surface area contributed by atoms with Gasteiger partial charge in [0.05, 0.1) is 13.7 Å². The topological polar surface area (TPSA) is 67.6 Å². The van der Waals surface area contributed by atoms with Crippen LogP contribution >= 0.6 is 0 Å². The molecule has 0 aliphatic heterocycles. The molecule has 0 unspecified atom stereocenters. The van der Waals surface area contributed by atoms with E-state index >= 15 is 0 Å². The number of oxazole rings is 1. The molecule has 0 aliphatic rings. The zero-order valence-corrected chi connectivity index (χ0v) is 18.6. The van der Waals surface area contributed by atoms with E-state index in [0.29, 0.717) is 25.5 Å². The van der Waals surface area contributed by atoms with Crippen molar-refractivity contribution in [2.45, 2.75) is 26.2 Å². The Balaban J connectivity index is 1.42. The van der Waals surface area contributed by atoms with Gasteiger partial charge in [0.2, 0.25) is 5.89 Å². The van der Waals surface area contributed by atoms with Gasteiger partial charge in [0.15, 0.2) is 5.69 Å². The first-order valence-electron chi connectivity index (χ1n) is 10.9. The lowest BCUT2D eigenvalue weighted by molar-refractivity contribution is 0.0945. The fourth-order valence-electron chi connectivity index (χ4n) is 3.55. The van der Waals surface area contributed by atoms with Gasteiger partial charge < -0.3 is 14.5 Å². The molecule has 0 saturated carbocycles. The molecule has 1 N–H and O–H groups in total. The minimum absolute atomic E-state index is 0.251. The van der Waals surface area contributed by atoms with E-state index < -0.39 is 0 Å². The van der Waals surface area contributed by atoms with Gasteiger partial charge in [0.1, 0.15) is 12.0 Å². The molecule has 0 bridgehead atoms. The number of nitrogens with one attached hydrogen (secondary N) is 1. The van der Waals surface area contributed by atoms with Crippen LogP contribution in [-0.4, -0.2) is 22.9 Å². The third-order valence-electron chi connectivity index (χ3n) is 5.25. The molecule has 0 spiro atoms. The van der Waals surface area contributed by atoms with Crippen molar-refractivity contribution in [3.05, 3.63) is 119 Å². The summed E-state index contributed by atoms with van der Waals surface area (Å²) in [5.41, 5.74) is 3.66. The average molecular weight is 442 g/mol. The van der Waals surface area contributed by atoms with Gasteiger partial charge in [-0.3, -0.25) is 9.69 Å². The minimum atomic E-state index is -0.251. The first kappa shape index (κ1) is 22.3. The molecule has 168 valence electrons. The van der Waals surface area contributed by atoms with Crippen LogP contribution in [0.5, 0.6) is 5.75 Å². The van der Waals surface area contributed by atoms with Crippen molar-refractivity contribution in [3.8, 4) is 5.75 Å². The minimum Gasteiger partial charge on any atom is -0.497 e. The van der Waals surface area contributed by atoms with Crippen LogP contribution in [0.1, 0.15) is 33.1 Å². The predicted octanol–water partition coefficient (Wildman–Crippen LogP) is 4.82. The van der Waals surface area contributed by atoms with Crippen molar-refractivity contribution < 1.29 is 13.9 Å². The Labute approximate surface area is 193 Å². The second-order valence-corrected chi connectivity index (χ2v) is 7.77. The van der Waals surface area contributed by atoms with Gasteiger partial charge in [-0.15, -0.1) is 0 Å². The molecule has 0 saturated heterocycles. The molecular formula is C27H27N3O3. The summed E-state index contributed by atoms with van der Waals surface area (Å²) >= 11 is 0. The number of nitrogens with zero attached hydrogens (tertiary/aromatic N) is 2. The number of ether oxygens (including phenoxy) is 1. The number of hydrogen-bond donors (Lipinski definition) is 1. The van der Waals surface area contributed by atoms with E-state index in [1.165, 1.54) is 11.8 Å². The molecule has 0 aliphatic carbocycles. The van der Waals surface area contributed by atoms with Gasteiger partial charge in [0.25, 0.3) is 5.91 Å². The highest BCUT2D eigenvalue weighted by molar-refractivity contribution is 5.91. The molecule has 3 aromatic carbocycles. The van der Waals surface area contributed by atoms with E-state index in [0.717, 1.165) is 23.4 Å². The Morgan fingerprint density at radius 1 is 0.848 bits per heavy atom. The Morgan fingerprint density at radius 3 is 2.09 bits per heavy atom. The maximum atomic E-state index is 12.5. The van der Waals surface area contributed by atoms with Crippen molar-refractivity contribution in [1.82, 2.24) is 15.2 Å². The summed E-state index contributed by atoms with van der Waals surface area (Å²) in [5, 5.41) is 2.89. The molecule has 6 nitrogen and oxygen atoms in total. The summed E-state index contributed by atoms with van der Waals surface area (Å²) in [6.45, 7) is 2.36. The van der Waals surface area contributed by atoms with Crippen LogP contribution in [0.4, 0.5) is 0 Å². The van der Waals surface area contributed by atoms with Crippen molar-refractivity contribution in [2.24, 2.45) is 0 Å². The fourth-order valence-corrected chi connectivity index (χ4v) is 3.55. The van der Waals surface area contributed by atoms with Gasteiger partial charge in [-0.25, -0.2) is 4.98 Å². The maximum Gasteiger partial charge on any atom is 0.273 e. The lowest BCUT2D eigenvalue weighted by Gasteiger charge is -2.21. The van der Waals surface area contributed by atoms with Crippen LogP contribution < -0.4 is 10.1 Å². The third kappa shape index (κ3) is 6.54. The molecule has 4 aromatic rings. The van der Waals surface area contributed by atoms with Gasteiger partial charge in [-0.05, 0) is 28.8 Å². The third-order valence-corrected chi connectivity index (χ3v) is 5.25. The van der Waals surface area contributed by atoms with Crippen LogP contribution in [0.15, 0.2) is 95.6 Å². The maximum absolute atomic E-state index is 12.5. The van der Waals surface area contributed by atoms with E-state index in [1.807, 2.05) is 60.7 Å². The highest BCUT2D eigenvalue weighted by Crippen LogP contribution is 2.17. The molecule has 0 radical (unpaired) electrons. The van der Waals surface area contributed by atoms with Crippen LogP contribution in [-0.2, 0) is 26.2 Å². The molecule has 1 heterocycles. The second kappa shape index (κ2) is 11.1. The monoisotopic (exact) mass is 441 g/mol. The summed E-state index contributed by atoms with van der Waals surface area (Å²) in [7, 11) is 1.66. The Hall–Kier alpha value is -3.90. The van der Waals surface area contributed by atoms with Crippen molar-refractivity contribution in [2.75, 3.05) is 7.11 Å². The number of aromatic nitrogens is 1. The van der Waals surface area contributed by atoms with E-state index in [2.05, 4.69) is 39.5 Å². The van der Waals surface area contributed by atoms with E-state index in [4.69, 9.17) is 9.15 Å². The summed E-state index contributed by atoms with van der Waals surface area (Å²) < 4.78 is 10.9. The molecule has 4 rings (SSSR count). The largest absolute Gasteiger partial charge is 0.497 e. The number of amides is 1. The quantitative estimate of drug-likeness (QED) is 0.382. The van der Waals surface area contributed by atoms with Gasteiger partial charge in [-0.2, -0.15) is 0 Å². The van der Waals surface area contributed by atoms with Gasteiger partial charge >= 0.3 is 0 Å². The number of hydrogen-bond acceptors (Lipinski definition) is 5. The highest BCUT2D eigenvalue weighted by Gasteiger charge is 2.16. The van der Waals surface area contributed by atoms with Crippen molar-refractivity contribution in [1.29, 1.82) is 0 Å². The second-order valence-electron chi connectivity index (χ2n) is 7.77. The number of rotatable bonds is 10. The molecule has 1 aromatic heterocycles. The molecule has 33 heavy (non-hydrogen) atoms. The number of carbonyl (C=O) groups is 1. The number of benzene rings is 3. The lowest BCUT2D eigenvalue weighted by atomic mass is 10.1. The van der Waals surface area contributed by atoms with Crippen LogP contribution in [0.2, 0.25) is 0 Å². The number of carbonyl (C=O) groups excluding carboxylic acids is 1. The number of methoxy groups -OCH3 is 1. The molecule has 6 heteroatoms. The van der Waals surface area contributed by atoms with Gasteiger partial charge in [-0.1, -0.05) is 72.8 Å². The summed E-state index contributed by atoms with van der Waals surface area (Å²) in [6.07, 6.45) is 1.42. The fraction of sp³-hybridized carbons (Fsp3) is 0.185. The van der Waals surface area contributed by atoms with Crippen LogP contribution in [0.3, 0.4) is 0 Å². The zero-order valence-electron chi connectivity index (χ0n) is 18.6. The Kier molecular flexibility index (Phi) is 7.51. The first-order chi connectivity index (χ1) is 16.2. The highest BCUT2D eigenvalue weighted by atomic mass is 16.5. The zero-order chi connectivity index (χ0) is 22.9. The standard InChI is InChI=1S/C27H27N3O3/c1-32-24-14-12-23(13-15-24)18-30(17-22-10-6-3-7-11-22)19-26-29-25(20-33-26)27(31)28-16-21-8-4-2-5-9-21/h2-15,20H,16-19H2,1H3,(H,28,31).